The summed E-state index contributed by atoms with van der Waals surface area (Å²) in [6.45, 7) is 5.97. The highest BCUT2D eigenvalue weighted by Gasteiger charge is 2.04. The van der Waals surface area contributed by atoms with E-state index in [-0.39, 0.29) is 12.5 Å². The minimum absolute atomic E-state index is 0.00943. The molecule has 3 nitrogen and oxygen atoms in total. The topological polar surface area (TPSA) is 38.3 Å². The monoisotopic (exact) mass is 283 g/mol. The lowest BCUT2D eigenvalue weighted by molar-refractivity contribution is -0.122. The predicted octanol–water partition coefficient (Wildman–Crippen LogP) is 2.44. The first kappa shape index (κ1) is 12.8. The fraction of sp³-hybridized carbons (Fsp3) is 0.250. The smallest absolute Gasteiger partial charge is 0.258 e. The van der Waals surface area contributed by atoms with Crippen molar-refractivity contribution in [1.29, 1.82) is 0 Å². The van der Waals surface area contributed by atoms with Gasteiger partial charge in [0.2, 0.25) is 0 Å². The second-order valence-corrected chi connectivity index (χ2v) is 4.17. The van der Waals surface area contributed by atoms with Gasteiger partial charge < -0.3 is 10.1 Å². The van der Waals surface area contributed by atoms with E-state index in [1.54, 1.807) is 6.08 Å². The molecule has 0 unspecified atom stereocenters. The van der Waals surface area contributed by atoms with Gasteiger partial charge >= 0.3 is 0 Å². The molecule has 86 valence electrons. The van der Waals surface area contributed by atoms with Gasteiger partial charge in [-0.05, 0) is 40.5 Å². The van der Waals surface area contributed by atoms with Crippen LogP contribution in [0, 0.1) is 6.92 Å². The molecule has 1 aromatic rings. The molecule has 0 radical (unpaired) electrons. The van der Waals surface area contributed by atoms with Crippen molar-refractivity contribution < 1.29 is 9.53 Å². The molecule has 0 heterocycles. The van der Waals surface area contributed by atoms with Crippen LogP contribution in [0.4, 0.5) is 0 Å². The zero-order valence-electron chi connectivity index (χ0n) is 9.13. The molecule has 16 heavy (non-hydrogen) atoms. The van der Waals surface area contributed by atoms with Gasteiger partial charge in [0.25, 0.3) is 5.91 Å². The first-order valence-electron chi connectivity index (χ1n) is 4.90. The van der Waals surface area contributed by atoms with E-state index in [0.717, 1.165) is 10.0 Å². The SMILES string of the molecule is C=CCNC(=O)COc1ccc(C)cc1Br. The van der Waals surface area contributed by atoms with Crippen LogP contribution in [0.5, 0.6) is 5.75 Å². The third-order valence-corrected chi connectivity index (χ3v) is 2.51. The number of aryl methyl sites for hydroxylation is 1. The molecular formula is C12H14BrNO2. The fourth-order valence-electron chi connectivity index (χ4n) is 1.10. The third kappa shape index (κ3) is 4.06. The largest absolute Gasteiger partial charge is 0.483 e. The van der Waals surface area contributed by atoms with Gasteiger partial charge in [0, 0.05) is 6.54 Å². The summed E-state index contributed by atoms with van der Waals surface area (Å²) in [7, 11) is 0. The van der Waals surface area contributed by atoms with Crippen LogP contribution in [0.1, 0.15) is 5.56 Å². The van der Waals surface area contributed by atoms with Gasteiger partial charge in [0.1, 0.15) is 5.75 Å². The summed E-state index contributed by atoms with van der Waals surface area (Å²) in [5.41, 5.74) is 1.13. The molecule has 0 aliphatic heterocycles. The maximum Gasteiger partial charge on any atom is 0.258 e. The number of carbonyl (C=O) groups is 1. The van der Waals surface area contributed by atoms with Gasteiger partial charge in [-0.25, -0.2) is 0 Å². The second kappa shape index (κ2) is 6.33. The summed E-state index contributed by atoms with van der Waals surface area (Å²) in [4.78, 5) is 11.3. The van der Waals surface area contributed by atoms with Gasteiger partial charge in [0.05, 0.1) is 4.47 Å². The molecule has 4 heteroatoms. The highest BCUT2D eigenvalue weighted by molar-refractivity contribution is 9.10. The quantitative estimate of drug-likeness (QED) is 0.843. The molecule has 0 saturated carbocycles. The molecular weight excluding hydrogens is 270 g/mol. The molecule has 0 atom stereocenters. The molecule has 1 aromatic carbocycles. The standard InChI is InChI=1S/C12H14BrNO2/c1-3-6-14-12(15)8-16-11-5-4-9(2)7-10(11)13/h3-5,7H,1,6,8H2,2H3,(H,14,15). The van der Waals surface area contributed by atoms with Crippen molar-refractivity contribution in [3.8, 4) is 5.75 Å². The Hall–Kier alpha value is -1.29. The molecule has 0 aliphatic rings. The number of hydrogen-bond donors (Lipinski definition) is 1. The number of halogens is 1. The van der Waals surface area contributed by atoms with Crippen molar-refractivity contribution in [3.63, 3.8) is 0 Å². The van der Waals surface area contributed by atoms with Gasteiger partial charge in [0.15, 0.2) is 6.61 Å². The zero-order chi connectivity index (χ0) is 12.0. The lowest BCUT2D eigenvalue weighted by Crippen LogP contribution is -2.28. The Morgan fingerprint density at radius 1 is 1.62 bits per heavy atom. The van der Waals surface area contributed by atoms with Crippen molar-refractivity contribution in [2.45, 2.75) is 6.92 Å². The average molecular weight is 284 g/mol. The lowest BCUT2D eigenvalue weighted by Gasteiger charge is -2.08. The summed E-state index contributed by atoms with van der Waals surface area (Å²) >= 11 is 3.38. The Morgan fingerprint density at radius 3 is 3.00 bits per heavy atom. The van der Waals surface area contributed by atoms with E-state index in [2.05, 4.69) is 27.8 Å². The van der Waals surface area contributed by atoms with E-state index in [4.69, 9.17) is 4.74 Å². The Kier molecular flexibility index (Phi) is 5.05. The first-order chi connectivity index (χ1) is 7.63. The minimum atomic E-state index is -0.160. The van der Waals surface area contributed by atoms with Crippen LogP contribution < -0.4 is 10.1 Å². The number of rotatable bonds is 5. The maximum absolute atomic E-state index is 11.3. The van der Waals surface area contributed by atoms with E-state index in [1.165, 1.54) is 0 Å². The second-order valence-electron chi connectivity index (χ2n) is 3.32. The van der Waals surface area contributed by atoms with Gasteiger partial charge in [-0.2, -0.15) is 0 Å². The van der Waals surface area contributed by atoms with Crippen molar-refractivity contribution >= 4 is 21.8 Å². The first-order valence-corrected chi connectivity index (χ1v) is 5.69. The van der Waals surface area contributed by atoms with E-state index in [1.807, 2.05) is 25.1 Å². The maximum atomic E-state index is 11.3. The van der Waals surface area contributed by atoms with E-state index >= 15 is 0 Å². The van der Waals surface area contributed by atoms with E-state index < -0.39 is 0 Å². The number of carbonyl (C=O) groups excluding carboxylic acids is 1. The summed E-state index contributed by atoms with van der Waals surface area (Å²) in [6, 6.07) is 5.71. The van der Waals surface area contributed by atoms with Crippen molar-refractivity contribution in [1.82, 2.24) is 5.32 Å². The normalized spacial score (nSPS) is 9.62. The zero-order valence-corrected chi connectivity index (χ0v) is 10.7. The molecule has 1 amide bonds. The summed E-state index contributed by atoms with van der Waals surface area (Å²) in [5.74, 6) is 0.506. The molecule has 0 fully saturated rings. The van der Waals surface area contributed by atoms with E-state index in [0.29, 0.717) is 12.3 Å². The number of amides is 1. The highest BCUT2D eigenvalue weighted by Crippen LogP contribution is 2.25. The molecule has 0 aromatic heterocycles. The third-order valence-electron chi connectivity index (χ3n) is 1.89. The molecule has 0 aliphatic carbocycles. The fourth-order valence-corrected chi connectivity index (χ4v) is 1.71. The summed E-state index contributed by atoms with van der Waals surface area (Å²) in [5, 5.41) is 2.64. The number of nitrogens with one attached hydrogen (secondary N) is 1. The van der Waals surface area contributed by atoms with Gasteiger partial charge in [-0.15, -0.1) is 6.58 Å². The number of benzene rings is 1. The summed E-state index contributed by atoms with van der Waals surface area (Å²) < 4.78 is 6.21. The molecule has 0 saturated heterocycles. The lowest BCUT2D eigenvalue weighted by atomic mass is 10.2. The molecule has 0 bridgehead atoms. The van der Waals surface area contributed by atoms with Gasteiger partial charge in [-0.1, -0.05) is 12.1 Å². The Bertz CT molecular complexity index is 391. The average Bonchev–Trinajstić information content (AvgIpc) is 2.25. The minimum Gasteiger partial charge on any atom is -0.483 e. The molecule has 1 rings (SSSR count). The van der Waals surface area contributed by atoms with Crippen LogP contribution in [0.25, 0.3) is 0 Å². The number of hydrogen-bond acceptors (Lipinski definition) is 2. The van der Waals surface area contributed by atoms with Crippen molar-refractivity contribution in [2.75, 3.05) is 13.2 Å². The predicted molar refractivity (Wildman–Crippen MR) is 67.6 cm³/mol. The highest BCUT2D eigenvalue weighted by atomic mass is 79.9. The summed E-state index contributed by atoms with van der Waals surface area (Å²) in [6.07, 6.45) is 1.62. The molecule has 1 N–H and O–H groups in total. The van der Waals surface area contributed by atoms with Crippen LogP contribution in [-0.2, 0) is 4.79 Å². The Labute approximate surface area is 104 Å². The Balaban J connectivity index is 2.48. The molecule has 0 spiro atoms. The Morgan fingerprint density at radius 2 is 2.38 bits per heavy atom. The van der Waals surface area contributed by atoms with Crippen LogP contribution in [0.15, 0.2) is 35.3 Å². The van der Waals surface area contributed by atoms with Crippen LogP contribution in [0.3, 0.4) is 0 Å². The van der Waals surface area contributed by atoms with Crippen LogP contribution >= 0.6 is 15.9 Å². The van der Waals surface area contributed by atoms with Gasteiger partial charge in [-0.3, -0.25) is 4.79 Å². The van der Waals surface area contributed by atoms with E-state index in [9.17, 15) is 4.79 Å². The van der Waals surface area contributed by atoms with Crippen LogP contribution in [-0.4, -0.2) is 19.1 Å². The van der Waals surface area contributed by atoms with Crippen molar-refractivity contribution in [2.24, 2.45) is 0 Å². The number of ether oxygens (including phenoxy) is 1. The van der Waals surface area contributed by atoms with Crippen LogP contribution in [0.2, 0.25) is 0 Å². The van der Waals surface area contributed by atoms with Crippen molar-refractivity contribution in [3.05, 3.63) is 40.9 Å².